The summed E-state index contributed by atoms with van der Waals surface area (Å²) >= 11 is 7.79. The average molecular weight is 497 g/mol. The first-order valence-electron chi connectivity index (χ1n) is 11.4. The van der Waals surface area contributed by atoms with Crippen LogP contribution in [0.15, 0.2) is 59.8 Å². The van der Waals surface area contributed by atoms with Gasteiger partial charge in [-0.1, -0.05) is 59.8 Å². The van der Waals surface area contributed by atoms with E-state index >= 15 is 0 Å². The molecule has 0 bridgehead atoms. The Labute approximate surface area is 209 Å². The number of ether oxygens (including phenoxy) is 1. The Bertz CT molecular complexity index is 1080. The van der Waals surface area contributed by atoms with Crippen LogP contribution in [0.5, 0.6) is 0 Å². The van der Waals surface area contributed by atoms with Gasteiger partial charge in [0.1, 0.15) is 11.6 Å². The van der Waals surface area contributed by atoms with Gasteiger partial charge in [-0.3, -0.25) is 4.90 Å². The highest BCUT2D eigenvalue weighted by Gasteiger charge is 2.15. The third-order valence-electron chi connectivity index (χ3n) is 5.45. The lowest BCUT2D eigenvalue weighted by atomic mass is 10.1. The summed E-state index contributed by atoms with van der Waals surface area (Å²) in [6.07, 6.45) is 2.15. The van der Waals surface area contributed by atoms with Crippen LogP contribution < -0.4 is 10.6 Å². The van der Waals surface area contributed by atoms with Gasteiger partial charge in [0.2, 0.25) is 0 Å². The molecule has 4 rings (SSSR count). The summed E-state index contributed by atoms with van der Waals surface area (Å²) in [5, 5.41) is 16.1. The Balaban J connectivity index is 1.51. The number of nitrogens with zero attached hydrogens (tertiary/aromatic N) is 3. The van der Waals surface area contributed by atoms with Gasteiger partial charge < -0.3 is 20.8 Å². The van der Waals surface area contributed by atoms with Crippen molar-refractivity contribution in [3.8, 4) is 0 Å². The van der Waals surface area contributed by atoms with Crippen molar-refractivity contribution in [1.82, 2.24) is 14.9 Å². The van der Waals surface area contributed by atoms with Crippen molar-refractivity contribution in [3.05, 3.63) is 70.7 Å². The normalized spacial score (nSPS) is 14.0. The molecular weight excluding hydrogens is 468 g/mol. The van der Waals surface area contributed by atoms with Crippen LogP contribution in [0.2, 0.25) is 5.02 Å². The summed E-state index contributed by atoms with van der Waals surface area (Å²) in [4.78, 5) is 11.9. The number of anilines is 3. The molecule has 1 aliphatic rings. The minimum atomic E-state index is 0.586. The molecule has 2 heterocycles. The largest absolute Gasteiger partial charge is 0.379 e. The zero-order valence-electron chi connectivity index (χ0n) is 19.0. The number of morpholine rings is 1. The molecule has 0 aliphatic carbocycles. The Kier molecular flexibility index (Phi) is 9.15. The Morgan fingerprint density at radius 1 is 1.06 bits per heavy atom. The van der Waals surface area contributed by atoms with Crippen molar-refractivity contribution in [2.75, 3.05) is 55.8 Å². The van der Waals surface area contributed by atoms with Crippen molar-refractivity contribution >= 4 is 46.9 Å². The van der Waals surface area contributed by atoms with Gasteiger partial charge in [-0.15, -0.1) is 0 Å². The molecule has 9 heteroatoms. The molecule has 3 N–H and O–H groups in total. The molecule has 0 spiro atoms. The highest BCUT2D eigenvalue weighted by molar-refractivity contribution is 7.99. The second-order valence-corrected chi connectivity index (χ2v) is 9.36. The van der Waals surface area contributed by atoms with Gasteiger partial charge in [0.05, 0.1) is 18.8 Å². The molecule has 1 aliphatic heterocycles. The number of aromatic nitrogens is 2. The summed E-state index contributed by atoms with van der Waals surface area (Å²) in [7, 11) is 0. The minimum Gasteiger partial charge on any atom is -0.379 e. The monoisotopic (exact) mass is 496 g/mol. The molecule has 178 valence electrons. The first-order chi connectivity index (χ1) is 16.7. The molecular formula is C25H29ClN6OS. The second kappa shape index (κ2) is 12.7. The first-order valence-corrected chi connectivity index (χ1v) is 12.7. The molecule has 1 aromatic heterocycles. The van der Waals surface area contributed by atoms with E-state index < -0.39 is 0 Å². The number of hydrogen-bond donors (Lipinski definition) is 3. The van der Waals surface area contributed by atoms with E-state index in [1.165, 1.54) is 11.8 Å². The zero-order chi connectivity index (χ0) is 23.6. The maximum absolute atomic E-state index is 8.04. The summed E-state index contributed by atoms with van der Waals surface area (Å²) < 4.78 is 5.44. The predicted octanol–water partition coefficient (Wildman–Crippen LogP) is 4.95. The lowest BCUT2D eigenvalue weighted by Gasteiger charge is -2.26. The summed E-state index contributed by atoms with van der Waals surface area (Å²) in [5.41, 5.74) is 2.68. The molecule has 0 radical (unpaired) electrons. The van der Waals surface area contributed by atoms with Crippen LogP contribution in [0, 0.1) is 5.41 Å². The van der Waals surface area contributed by atoms with E-state index in [1.54, 1.807) is 11.8 Å². The van der Waals surface area contributed by atoms with Crippen LogP contribution in [0.25, 0.3) is 0 Å². The Morgan fingerprint density at radius 3 is 2.62 bits per heavy atom. The maximum Gasteiger partial charge on any atom is 0.191 e. The maximum atomic E-state index is 8.04. The quantitative estimate of drug-likeness (QED) is 0.197. The summed E-state index contributed by atoms with van der Waals surface area (Å²) in [5.74, 6) is 2.12. The first kappa shape index (κ1) is 24.5. The predicted molar refractivity (Wildman–Crippen MR) is 141 cm³/mol. The van der Waals surface area contributed by atoms with Gasteiger partial charge in [-0.2, -0.15) is 0 Å². The Morgan fingerprint density at radius 2 is 1.85 bits per heavy atom. The zero-order valence-corrected chi connectivity index (χ0v) is 20.5. The highest BCUT2D eigenvalue weighted by Crippen LogP contribution is 2.28. The van der Waals surface area contributed by atoms with Crippen molar-refractivity contribution < 1.29 is 4.74 Å². The van der Waals surface area contributed by atoms with Gasteiger partial charge in [0.25, 0.3) is 0 Å². The van der Waals surface area contributed by atoms with Gasteiger partial charge in [-0.25, -0.2) is 9.97 Å². The van der Waals surface area contributed by atoms with E-state index in [4.69, 9.17) is 31.7 Å². The minimum absolute atomic E-state index is 0.586. The molecule has 0 amide bonds. The van der Waals surface area contributed by atoms with Crippen LogP contribution in [0.3, 0.4) is 0 Å². The van der Waals surface area contributed by atoms with E-state index in [0.717, 1.165) is 50.7 Å². The van der Waals surface area contributed by atoms with Crippen LogP contribution in [0.4, 0.5) is 17.3 Å². The topological polar surface area (TPSA) is 86.2 Å². The fraction of sp³-hybridized carbons (Fsp3) is 0.320. The van der Waals surface area contributed by atoms with Crippen molar-refractivity contribution in [1.29, 1.82) is 5.41 Å². The van der Waals surface area contributed by atoms with Gasteiger partial charge in [-0.05, 0) is 30.2 Å². The van der Waals surface area contributed by atoms with E-state index in [-0.39, 0.29) is 0 Å². The number of rotatable bonds is 11. The number of nitrogens with one attached hydrogen (secondary N) is 3. The van der Waals surface area contributed by atoms with E-state index in [9.17, 15) is 0 Å². The molecule has 2 aromatic carbocycles. The second-order valence-electron chi connectivity index (χ2n) is 7.86. The molecule has 1 fully saturated rings. The molecule has 1 saturated heterocycles. The Hall–Kier alpha value is -2.65. The summed E-state index contributed by atoms with van der Waals surface area (Å²) in [6.45, 7) is 5.16. The molecule has 0 atom stereocenters. The summed E-state index contributed by atoms with van der Waals surface area (Å²) in [6, 6.07) is 17.8. The van der Waals surface area contributed by atoms with Gasteiger partial charge >= 0.3 is 0 Å². The van der Waals surface area contributed by atoms with Crippen molar-refractivity contribution in [3.63, 3.8) is 0 Å². The molecule has 3 aromatic rings. The highest BCUT2D eigenvalue weighted by atomic mass is 35.5. The molecule has 34 heavy (non-hydrogen) atoms. The lowest BCUT2D eigenvalue weighted by molar-refractivity contribution is 0.0410. The molecule has 0 saturated carbocycles. The van der Waals surface area contributed by atoms with Gasteiger partial charge in [0.15, 0.2) is 5.16 Å². The fourth-order valence-electron chi connectivity index (χ4n) is 3.64. The SMILES string of the molecule is N=Cc1c(NCCc2ccccc2)nc(SCCN2CCOCC2)nc1Nc1cccc(Cl)c1. The van der Waals surface area contributed by atoms with E-state index in [0.29, 0.717) is 33.9 Å². The van der Waals surface area contributed by atoms with E-state index in [1.807, 2.05) is 42.5 Å². The van der Waals surface area contributed by atoms with Crippen LogP contribution in [-0.2, 0) is 11.2 Å². The molecule has 0 unspecified atom stereocenters. The number of halogens is 1. The van der Waals surface area contributed by atoms with Crippen LogP contribution in [-0.4, -0.2) is 66.2 Å². The third kappa shape index (κ3) is 7.17. The van der Waals surface area contributed by atoms with Crippen LogP contribution in [0.1, 0.15) is 11.1 Å². The fourth-order valence-corrected chi connectivity index (χ4v) is 4.68. The lowest BCUT2D eigenvalue weighted by Crippen LogP contribution is -2.37. The van der Waals surface area contributed by atoms with Crippen molar-refractivity contribution in [2.24, 2.45) is 0 Å². The average Bonchev–Trinajstić information content (AvgIpc) is 2.85. The van der Waals surface area contributed by atoms with E-state index in [2.05, 4.69) is 27.7 Å². The van der Waals surface area contributed by atoms with Crippen molar-refractivity contribution in [2.45, 2.75) is 11.6 Å². The molecule has 7 nitrogen and oxygen atoms in total. The third-order valence-corrected chi connectivity index (χ3v) is 6.51. The number of thioether (sulfide) groups is 1. The van der Waals surface area contributed by atoms with Crippen LogP contribution >= 0.6 is 23.4 Å². The van der Waals surface area contributed by atoms with Gasteiger partial charge in [0, 0.05) is 48.9 Å². The number of hydrogen-bond acceptors (Lipinski definition) is 8. The number of benzene rings is 2. The smallest absolute Gasteiger partial charge is 0.191 e. The standard InChI is InChI=1S/C25H29ClN6OS/c26-20-7-4-8-21(17-20)29-24-22(18-27)23(28-10-9-19-5-2-1-3-6-19)30-25(31-24)34-16-13-32-11-14-33-15-12-32/h1-8,17-18,27H,9-16H2,(H2,28,29,30,31).